The number of aromatic nitrogens is 2. The smallest absolute Gasteiger partial charge is 0.326 e. The first-order valence-electron chi connectivity index (χ1n) is 34.0. The molecule has 4 aromatic rings. The summed E-state index contributed by atoms with van der Waals surface area (Å²) in [5.41, 5.74) is 19.9. The molecule has 11 amide bonds. The minimum absolute atomic E-state index is 0.0123. The second kappa shape index (κ2) is 38.0. The Morgan fingerprint density at radius 2 is 1.03 bits per heavy atom. The minimum atomic E-state index is -1.45. The molecule has 100 heavy (non-hydrogen) atoms. The fourth-order valence-electron chi connectivity index (χ4n) is 12.2. The van der Waals surface area contributed by atoms with Crippen molar-refractivity contribution in [3.63, 3.8) is 0 Å². The molecule has 4 heterocycles. The number of carboxylic acid groups (broad SMARTS) is 1. The molecule has 0 radical (unpaired) electrons. The second-order valence-electron chi connectivity index (χ2n) is 26.7. The SMILES string of the molecule is CSCC[C@H](NC(=O)[C@@H]1CCCN1C(=O)[C@@H](NC(=O)[C@H](Cc1c[nH]c2ccccc12)NC(=O)[C@H](CCCN=C(N)N)NC(=O)[C@H](Cc1c[nH]c2ccccc12)NC(=O)[C@H](CC(C)C)NC(=O)[C@@H](NC(=O)[C@H](C)NC(=O)[C@H](C)NC(=O)[C@@H]1CCCN1C(=O)[C@@H](N)CS)C(C)C)C(C)C)C(=O)O. The van der Waals surface area contributed by atoms with E-state index in [-0.39, 0.29) is 75.7 Å². The molecule has 2 fully saturated rings. The third-order valence-corrected chi connectivity index (χ3v) is 18.8. The number of likely N-dealkylation sites (tertiary alicyclic amines) is 2. The van der Waals surface area contributed by atoms with Crippen LogP contribution in [0, 0.1) is 17.8 Å². The Morgan fingerprint density at radius 1 is 0.570 bits per heavy atom. The van der Waals surface area contributed by atoms with Crippen LogP contribution < -0.4 is 65.1 Å². The summed E-state index contributed by atoms with van der Waals surface area (Å²) in [5, 5.41) is 36.0. The number of guanidine groups is 1. The van der Waals surface area contributed by atoms with Gasteiger partial charge in [0.1, 0.15) is 66.5 Å². The third kappa shape index (κ3) is 22.3. The molecule has 2 aromatic heterocycles. The normalized spacial score (nSPS) is 17.5. The molecule has 0 unspecified atom stereocenters. The summed E-state index contributed by atoms with van der Waals surface area (Å²) in [6, 6.07) is 0.0535. The average molecular weight is 1430 g/mol. The Balaban J connectivity index is 1.24. The number of H-pyrrole nitrogens is 2. The second-order valence-corrected chi connectivity index (χ2v) is 28.1. The van der Waals surface area contributed by atoms with Gasteiger partial charge in [0.15, 0.2) is 5.96 Å². The highest BCUT2D eigenvalue weighted by Gasteiger charge is 2.42. The van der Waals surface area contributed by atoms with E-state index in [9.17, 15) is 48.3 Å². The lowest BCUT2D eigenvalue weighted by Crippen LogP contribution is -2.61. The van der Waals surface area contributed by atoms with E-state index >= 15 is 14.4 Å². The monoisotopic (exact) mass is 1430 g/mol. The number of carbonyl (C=O) groups excluding carboxylic acids is 11. The largest absolute Gasteiger partial charge is 0.480 e. The topological polar surface area (TPSA) is 462 Å². The van der Waals surface area contributed by atoms with Crippen LogP contribution in [0.5, 0.6) is 0 Å². The molecule has 18 N–H and O–H groups in total. The van der Waals surface area contributed by atoms with Crippen LogP contribution in [0.2, 0.25) is 0 Å². The number of fused-ring (bicyclic) bond motifs is 2. The van der Waals surface area contributed by atoms with Crippen molar-refractivity contribution in [2.75, 3.05) is 37.4 Å². The molecular weight excluding hydrogens is 1330 g/mol. The Labute approximate surface area is 592 Å². The third-order valence-electron chi connectivity index (χ3n) is 17.8. The van der Waals surface area contributed by atoms with E-state index in [0.717, 1.165) is 16.4 Å². The van der Waals surface area contributed by atoms with Gasteiger partial charge in [-0.3, -0.25) is 57.7 Å². The number of hydrogen-bond acceptors (Lipinski definition) is 16. The van der Waals surface area contributed by atoms with E-state index in [1.165, 1.54) is 35.4 Å². The van der Waals surface area contributed by atoms with Gasteiger partial charge in [-0.25, -0.2) is 4.79 Å². The number of thioether (sulfide) groups is 1. The first-order chi connectivity index (χ1) is 47.4. The van der Waals surface area contributed by atoms with Crippen molar-refractivity contribution in [1.82, 2.24) is 67.6 Å². The zero-order valence-electron chi connectivity index (χ0n) is 58.3. The van der Waals surface area contributed by atoms with E-state index in [2.05, 4.69) is 75.4 Å². The van der Waals surface area contributed by atoms with Gasteiger partial charge in [-0.05, 0) is 118 Å². The van der Waals surface area contributed by atoms with Crippen molar-refractivity contribution < 1.29 is 62.6 Å². The highest BCUT2D eigenvalue weighted by molar-refractivity contribution is 7.98. The molecule has 6 rings (SSSR count). The predicted octanol–water partition coefficient (Wildman–Crippen LogP) is 0.326. The standard InChI is InChI=1S/C68H101N17O13S2/c1-35(2)29-49(81-64(94)54(36(3)4)82-57(87)39(8)75-56(86)38(7)76-62(92)52-22-15-26-84(52)65(95)44(69)34-99)59(89)80-50(30-40-32-73-45-19-12-10-17-42(40)45)60(90)77-47(21-14-25-72-68(70)71)58(88)79-51(31-41-33-74-46-20-13-11-18-43(41)46)61(91)83-55(37(5)6)66(96)85-27-16-23-53(85)63(93)78-48(67(97)98)24-28-100-9/h10-13,17-20,32-33,35-39,44,47-55,73-74,99H,14-16,21-31,34,69H2,1-9H3,(H,75,86)(H,76,92)(H,77,90)(H,78,93)(H,79,88)(H,80,89)(H,81,94)(H,82,87)(H,83,91)(H,97,98)(H4,70,71,72)/t38-,39-,44-,47-,48-,49-,50-,51-,52-,53-,54-,55-/m0/s1. The van der Waals surface area contributed by atoms with Crippen molar-refractivity contribution >= 4 is 123 Å². The Hall–Kier alpha value is -8.91. The molecule has 12 atom stereocenters. The lowest BCUT2D eigenvalue weighted by atomic mass is 9.98. The van der Waals surface area contributed by atoms with E-state index in [1.807, 2.05) is 62.6 Å². The van der Waals surface area contributed by atoms with Crippen LogP contribution >= 0.6 is 24.4 Å². The number of aliphatic carboxylic acids is 1. The van der Waals surface area contributed by atoms with Crippen LogP contribution in [0.3, 0.4) is 0 Å². The van der Waals surface area contributed by atoms with E-state index in [4.69, 9.17) is 17.2 Å². The summed E-state index contributed by atoms with van der Waals surface area (Å²) < 4.78 is 0. The number of rotatable bonds is 37. The molecule has 0 saturated carbocycles. The fraction of sp³-hybridized carbons (Fsp3) is 0.574. The molecule has 2 aliphatic rings. The number of nitrogens with two attached hydrogens (primary N) is 3. The zero-order chi connectivity index (χ0) is 73.7. The first-order valence-corrected chi connectivity index (χ1v) is 36.0. The van der Waals surface area contributed by atoms with Crippen molar-refractivity contribution in [1.29, 1.82) is 0 Å². The molecular formula is C68H101N17O13S2. The number of carbonyl (C=O) groups is 12. The maximum atomic E-state index is 15.2. The number of aromatic amines is 2. The Kier molecular flexibility index (Phi) is 30.5. The van der Waals surface area contributed by atoms with Gasteiger partial charge in [-0.1, -0.05) is 77.9 Å². The molecule has 0 bridgehead atoms. The molecule has 32 heteroatoms. The Bertz CT molecular complexity index is 3580. The maximum Gasteiger partial charge on any atom is 0.326 e. The lowest BCUT2D eigenvalue weighted by Gasteiger charge is -2.32. The van der Waals surface area contributed by atoms with Gasteiger partial charge in [0.05, 0.1) is 6.04 Å². The number of nitrogens with zero attached hydrogens (tertiary/aromatic N) is 3. The fourth-order valence-corrected chi connectivity index (χ4v) is 12.8. The van der Waals surface area contributed by atoms with E-state index in [0.29, 0.717) is 48.1 Å². The average Bonchev–Trinajstić information content (AvgIpc) is 1.66. The number of hydrogen-bond donors (Lipinski definition) is 16. The van der Waals surface area contributed by atoms with Crippen molar-refractivity contribution in [3.05, 3.63) is 72.1 Å². The number of nitrogens with one attached hydrogen (secondary N) is 11. The van der Waals surface area contributed by atoms with E-state index in [1.54, 1.807) is 46.2 Å². The summed E-state index contributed by atoms with van der Waals surface area (Å²) in [4.78, 5) is 182. The molecule has 2 aliphatic heterocycles. The van der Waals surface area contributed by atoms with Crippen LogP contribution in [0.4, 0.5) is 0 Å². The van der Waals surface area contributed by atoms with Gasteiger partial charge in [0, 0.05) is 72.4 Å². The number of aliphatic imine (C=N–C) groups is 1. The summed E-state index contributed by atoms with van der Waals surface area (Å²) in [6.07, 6.45) is 6.70. The summed E-state index contributed by atoms with van der Waals surface area (Å²) in [5.74, 6) is -10.0. The van der Waals surface area contributed by atoms with Gasteiger partial charge in [0.2, 0.25) is 65.0 Å². The van der Waals surface area contributed by atoms with Crippen LogP contribution in [0.15, 0.2) is 65.9 Å². The summed E-state index contributed by atoms with van der Waals surface area (Å²) in [6.45, 7) is 13.7. The quantitative estimate of drug-likeness (QED) is 0.0125. The van der Waals surface area contributed by atoms with Gasteiger partial charge in [-0.15, -0.1) is 0 Å². The number of thiol groups is 1. The Morgan fingerprint density at radius 3 is 1.54 bits per heavy atom. The molecule has 0 spiro atoms. The lowest BCUT2D eigenvalue weighted by molar-refractivity contribution is -0.145. The van der Waals surface area contributed by atoms with Crippen molar-refractivity contribution in [2.45, 2.75) is 192 Å². The van der Waals surface area contributed by atoms with Gasteiger partial charge in [-0.2, -0.15) is 24.4 Å². The molecule has 0 aliphatic carbocycles. The van der Waals surface area contributed by atoms with Crippen LogP contribution in [0.25, 0.3) is 21.8 Å². The zero-order valence-corrected chi connectivity index (χ0v) is 60.0. The highest BCUT2D eigenvalue weighted by Crippen LogP contribution is 2.25. The van der Waals surface area contributed by atoms with Gasteiger partial charge < -0.3 is 89.9 Å². The number of carboxylic acids is 1. The van der Waals surface area contributed by atoms with Crippen molar-refractivity contribution in [2.24, 2.45) is 39.9 Å². The highest BCUT2D eigenvalue weighted by atomic mass is 32.2. The van der Waals surface area contributed by atoms with Gasteiger partial charge >= 0.3 is 5.97 Å². The molecule has 30 nitrogen and oxygen atoms in total. The number of para-hydroxylation sites is 2. The minimum Gasteiger partial charge on any atom is -0.480 e. The van der Waals surface area contributed by atoms with Crippen LogP contribution in [-0.2, 0) is 70.4 Å². The maximum absolute atomic E-state index is 15.2. The number of amides is 11. The molecule has 2 saturated heterocycles. The van der Waals surface area contributed by atoms with Crippen LogP contribution in [-0.4, -0.2) is 212 Å². The van der Waals surface area contributed by atoms with Gasteiger partial charge in [0.25, 0.3) is 0 Å². The van der Waals surface area contributed by atoms with Crippen molar-refractivity contribution in [3.8, 4) is 0 Å². The summed E-state index contributed by atoms with van der Waals surface area (Å²) in [7, 11) is 0. The van der Waals surface area contributed by atoms with E-state index < -0.39 is 155 Å². The molecule has 2 aromatic carbocycles. The predicted molar refractivity (Wildman–Crippen MR) is 384 cm³/mol. The summed E-state index contributed by atoms with van der Waals surface area (Å²) >= 11 is 5.53. The first kappa shape index (κ1) is 80.1. The number of benzene rings is 2. The van der Waals surface area contributed by atoms with Crippen LogP contribution in [0.1, 0.15) is 118 Å². The molecule has 548 valence electrons.